The smallest absolute Gasteiger partial charge is 0.173 e. The van der Waals surface area contributed by atoms with Gasteiger partial charge in [0.15, 0.2) is 11.1 Å². The van der Waals surface area contributed by atoms with Crippen LogP contribution in [0.4, 0.5) is 0 Å². The van der Waals surface area contributed by atoms with E-state index in [4.69, 9.17) is 4.55 Å². The average molecular weight is 151 g/mol. The summed E-state index contributed by atoms with van der Waals surface area (Å²) in [5.74, 6) is 0. The maximum atomic E-state index is 10.5. The minimum Gasteiger partial charge on any atom is -0.305 e. The Morgan fingerprint density at radius 2 is 2.22 bits per heavy atom. The molecule has 0 bridgehead atoms. The first-order valence-electron chi connectivity index (χ1n) is 2.86. The first-order valence-corrected chi connectivity index (χ1v) is 3.97. The number of hydrogen-bond donors (Lipinski definition) is 2. The molecule has 9 heavy (non-hydrogen) atoms. The molecule has 0 heterocycles. The second-order valence-electron chi connectivity index (χ2n) is 2.08. The van der Waals surface area contributed by atoms with E-state index in [1.165, 1.54) is 0 Å². The third-order valence-corrected chi connectivity index (χ3v) is 2.85. The Labute approximate surface area is 58.1 Å². The highest BCUT2D eigenvalue weighted by atomic mass is 32.2. The van der Waals surface area contributed by atoms with E-state index < -0.39 is 16.0 Å². The molecular formula is C5H13NO2S. The SMILES string of the molecule is CCC(C)(NC)S(=O)O. The standard InChI is InChI=1S/C5H13NO2S/c1-4-5(2,6-3)9(7)8/h6H,4H2,1-3H3,(H,7,8). The zero-order chi connectivity index (χ0) is 7.49. The number of rotatable bonds is 3. The molecule has 0 saturated heterocycles. The van der Waals surface area contributed by atoms with E-state index in [2.05, 4.69) is 5.32 Å². The molecule has 2 atom stereocenters. The Kier molecular flexibility index (Phi) is 3.32. The van der Waals surface area contributed by atoms with Crippen molar-refractivity contribution in [3.63, 3.8) is 0 Å². The van der Waals surface area contributed by atoms with E-state index in [0.29, 0.717) is 6.42 Å². The molecule has 0 aliphatic rings. The fourth-order valence-electron chi connectivity index (χ4n) is 0.388. The van der Waals surface area contributed by atoms with Gasteiger partial charge in [-0.25, -0.2) is 4.21 Å². The van der Waals surface area contributed by atoms with Crippen LogP contribution in [0.2, 0.25) is 0 Å². The van der Waals surface area contributed by atoms with Crippen molar-refractivity contribution in [2.45, 2.75) is 25.1 Å². The van der Waals surface area contributed by atoms with Crippen molar-refractivity contribution < 1.29 is 8.76 Å². The lowest BCUT2D eigenvalue weighted by Crippen LogP contribution is -2.42. The second kappa shape index (κ2) is 3.29. The molecule has 2 unspecified atom stereocenters. The van der Waals surface area contributed by atoms with Crippen molar-refractivity contribution in [3.05, 3.63) is 0 Å². The fourth-order valence-corrected chi connectivity index (χ4v) is 0.809. The third kappa shape index (κ3) is 2.04. The molecule has 0 aromatic rings. The van der Waals surface area contributed by atoms with Crippen LogP contribution in [-0.4, -0.2) is 20.7 Å². The van der Waals surface area contributed by atoms with Gasteiger partial charge in [0, 0.05) is 0 Å². The summed E-state index contributed by atoms with van der Waals surface area (Å²) >= 11 is -1.78. The van der Waals surface area contributed by atoms with Crippen LogP contribution < -0.4 is 5.32 Å². The van der Waals surface area contributed by atoms with E-state index in [9.17, 15) is 4.21 Å². The molecule has 4 heteroatoms. The normalized spacial score (nSPS) is 20.9. The van der Waals surface area contributed by atoms with Crippen LogP contribution in [-0.2, 0) is 11.1 Å². The fraction of sp³-hybridized carbons (Fsp3) is 1.00. The Balaban J connectivity index is 4.09. The van der Waals surface area contributed by atoms with E-state index in [1.807, 2.05) is 6.92 Å². The maximum absolute atomic E-state index is 10.5. The van der Waals surface area contributed by atoms with Crippen LogP contribution in [0.15, 0.2) is 0 Å². The highest BCUT2D eigenvalue weighted by molar-refractivity contribution is 7.80. The van der Waals surface area contributed by atoms with Crippen LogP contribution in [0, 0.1) is 0 Å². The van der Waals surface area contributed by atoms with Gasteiger partial charge in [0.05, 0.1) is 0 Å². The second-order valence-corrected chi connectivity index (χ2v) is 3.48. The van der Waals surface area contributed by atoms with Crippen LogP contribution >= 0.6 is 0 Å². The van der Waals surface area contributed by atoms with Gasteiger partial charge in [0.1, 0.15) is 4.87 Å². The van der Waals surface area contributed by atoms with Gasteiger partial charge < -0.3 is 9.87 Å². The molecule has 0 amide bonds. The summed E-state index contributed by atoms with van der Waals surface area (Å²) in [7, 11) is 1.68. The quantitative estimate of drug-likeness (QED) is 0.579. The summed E-state index contributed by atoms with van der Waals surface area (Å²) in [4.78, 5) is -0.639. The van der Waals surface area contributed by atoms with Crippen LogP contribution in [0.5, 0.6) is 0 Å². The van der Waals surface area contributed by atoms with Gasteiger partial charge in [0.25, 0.3) is 0 Å². The summed E-state index contributed by atoms with van der Waals surface area (Å²) in [5, 5.41) is 2.78. The summed E-state index contributed by atoms with van der Waals surface area (Å²) in [6.45, 7) is 3.58. The minimum absolute atomic E-state index is 0.639. The van der Waals surface area contributed by atoms with Gasteiger partial charge in [0.2, 0.25) is 0 Å². The maximum Gasteiger partial charge on any atom is 0.173 e. The molecule has 3 nitrogen and oxygen atoms in total. The molecule has 0 aliphatic carbocycles. The highest BCUT2D eigenvalue weighted by Gasteiger charge is 2.25. The van der Waals surface area contributed by atoms with Gasteiger partial charge in [-0.3, -0.25) is 0 Å². The molecule has 0 aliphatic heterocycles. The third-order valence-electron chi connectivity index (χ3n) is 1.59. The van der Waals surface area contributed by atoms with Crippen molar-refractivity contribution in [1.82, 2.24) is 5.32 Å². The molecule has 0 spiro atoms. The average Bonchev–Trinajstić information content (AvgIpc) is 1.86. The largest absolute Gasteiger partial charge is 0.305 e. The summed E-state index contributed by atoms with van der Waals surface area (Å²) in [6, 6.07) is 0. The summed E-state index contributed by atoms with van der Waals surface area (Å²) in [5.41, 5.74) is 0. The molecular weight excluding hydrogens is 138 g/mol. The number of nitrogens with one attached hydrogen (secondary N) is 1. The lowest BCUT2D eigenvalue weighted by molar-refractivity contribution is 0.453. The van der Waals surface area contributed by atoms with E-state index in [1.54, 1.807) is 14.0 Å². The minimum atomic E-state index is -1.78. The van der Waals surface area contributed by atoms with Crippen LogP contribution in [0.1, 0.15) is 20.3 Å². The molecule has 0 saturated carbocycles. The van der Waals surface area contributed by atoms with Gasteiger partial charge in [-0.2, -0.15) is 0 Å². The Hall–Kier alpha value is 0.0700. The van der Waals surface area contributed by atoms with Crippen LogP contribution in [0.25, 0.3) is 0 Å². The van der Waals surface area contributed by atoms with Crippen molar-refractivity contribution >= 4 is 11.1 Å². The predicted molar refractivity (Wildman–Crippen MR) is 38.5 cm³/mol. The molecule has 56 valence electrons. The lowest BCUT2D eigenvalue weighted by Gasteiger charge is -2.22. The van der Waals surface area contributed by atoms with Crippen molar-refractivity contribution in [3.8, 4) is 0 Å². The molecule has 0 aromatic heterocycles. The van der Waals surface area contributed by atoms with E-state index >= 15 is 0 Å². The molecule has 0 rings (SSSR count). The Morgan fingerprint density at radius 3 is 2.22 bits per heavy atom. The van der Waals surface area contributed by atoms with Gasteiger partial charge in [-0.15, -0.1) is 0 Å². The predicted octanol–water partition coefficient (Wildman–Crippen LogP) is 0.554. The topological polar surface area (TPSA) is 49.3 Å². The van der Waals surface area contributed by atoms with E-state index in [0.717, 1.165) is 0 Å². The molecule has 2 N–H and O–H groups in total. The zero-order valence-corrected chi connectivity index (χ0v) is 6.79. The van der Waals surface area contributed by atoms with Gasteiger partial charge in [-0.1, -0.05) is 6.92 Å². The number of hydrogen-bond acceptors (Lipinski definition) is 2. The molecule has 0 aromatic carbocycles. The van der Waals surface area contributed by atoms with E-state index in [-0.39, 0.29) is 0 Å². The lowest BCUT2D eigenvalue weighted by atomic mass is 10.2. The zero-order valence-electron chi connectivity index (χ0n) is 5.97. The van der Waals surface area contributed by atoms with Gasteiger partial charge >= 0.3 is 0 Å². The van der Waals surface area contributed by atoms with Crippen LogP contribution in [0.3, 0.4) is 0 Å². The highest BCUT2D eigenvalue weighted by Crippen LogP contribution is 2.10. The Bertz CT molecular complexity index is 112. The van der Waals surface area contributed by atoms with Crippen molar-refractivity contribution in [2.75, 3.05) is 7.05 Å². The van der Waals surface area contributed by atoms with Crippen molar-refractivity contribution in [2.24, 2.45) is 0 Å². The first-order chi connectivity index (χ1) is 4.06. The molecule has 0 radical (unpaired) electrons. The van der Waals surface area contributed by atoms with Gasteiger partial charge in [-0.05, 0) is 20.4 Å². The first kappa shape index (κ1) is 9.07. The Morgan fingerprint density at radius 1 is 1.78 bits per heavy atom. The van der Waals surface area contributed by atoms with Crippen molar-refractivity contribution in [1.29, 1.82) is 0 Å². The summed E-state index contributed by atoms with van der Waals surface area (Å²) < 4.78 is 19.2. The molecule has 0 fully saturated rings. The monoisotopic (exact) mass is 151 g/mol. The summed E-state index contributed by atoms with van der Waals surface area (Å²) in [6.07, 6.45) is 0.645.